The molecule has 0 bridgehead atoms. The minimum absolute atomic E-state index is 0.269. The molecule has 0 saturated heterocycles. The Balaban J connectivity index is 2.52. The average molecular weight is 232 g/mol. The normalized spacial score (nSPS) is 13.1. The van der Waals surface area contributed by atoms with E-state index >= 15 is 0 Å². The van der Waals surface area contributed by atoms with E-state index in [1.807, 2.05) is 42.5 Å². The minimum atomic E-state index is -0.698. The number of rotatable bonds is 6. The van der Waals surface area contributed by atoms with Crippen molar-refractivity contribution < 1.29 is 9.90 Å². The van der Waals surface area contributed by atoms with Gasteiger partial charge in [0.25, 0.3) is 0 Å². The predicted octanol–water partition coefficient (Wildman–Crippen LogP) is 3.84. The van der Waals surface area contributed by atoms with Crippen LogP contribution < -0.4 is 0 Å². The lowest BCUT2D eigenvalue weighted by atomic mass is 9.94. The number of allylic oxidation sites excluding steroid dienone is 1. The fourth-order valence-corrected chi connectivity index (χ4v) is 1.80. The Bertz CT molecular complexity index is 366. The van der Waals surface area contributed by atoms with Gasteiger partial charge in [0.15, 0.2) is 0 Å². The Kier molecular flexibility index (Phi) is 5.47. The maximum absolute atomic E-state index is 11.0. The predicted molar refractivity (Wildman–Crippen MR) is 70.7 cm³/mol. The van der Waals surface area contributed by atoms with Crippen LogP contribution in [0.25, 0.3) is 6.08 Å². The third kappa shape index (κ3) is 5.34. The quantitative estimate of drug-likeness (QED) is 0.809. The molecule has 2 nitrogen and oxygen atoms in total. The van der Waals surface area contributed by atoms with Crippen LogP contribution in [-0.4, -0.2) is 11.1 Å². The molecule has 1 unspecified atom stereocenters. The number of carboxylic acid groups (broad SMARTS) is 1. The monoisotopic (exact) mass is 232 g/mol. The number of benzene rings is 1. The van der Waals surface area contributed by atoms with Crippen LogP contribution in [0, 0.1) is 11.8 Å². The molecule has 1 N–H and O–H groups in total. The van der Waals surface area contributed by atoms with Gasteiger partial charge in [0.05, 0.1) is 5.92 Å². The van der Waals surface area contributed by atoms with Crippen LogP contribution in [0.3, 0.4) is 0 Å². The number of hydrogen-bond donors (Lipinski definition) is 1. The summed E-state index contributed by atoms with van der Waals surface area (Å²) in [6.45, 7) is 4.10. The van der Waals surface area contributed by atoms with Crippen LogP contribution in [0.2, 0.25) is 0 Å². The van der Waals surface area contributed by atoms with Crippen LogP contribution >= 0.6 is 0 Å². The number of carboxylic acids is 1. The topological polar surface area (TPSA) is 37.3 Å². The molecular weight excluding hydrogens is 212 g/mol. The minimum Gasteiger partial charge on any atom is -0.481 e. The van der Waals surface area contributed by atoms with E-state index in [0.29, 0.717) is 12.3 Å². The first-order valence-corrected chi connectivity index (χ1v) is 6.04. The maximum atomic E-state index is 11.0. The van der Waals surface area contributed by atoms with Gasteiger partial charge >= 0.3 is 5.97 Å². The molecule has 0 aromatic heterocycles. The lowest BCUT2D eigenvalue weighted by molar-refractivity contribution is -0.142. The van der Waals surface area contributed by atoms with Crippen molar-refractivity contribution in [1.82, 2.24) is 0 Å². The maximum Gasteiger partial charge on any atom is 0.306 e. The Morgan fingerprint density at radius 3 is 2.47 bits per heavy atom. The number of carbonyl (C=O) groups is 1. The summed E-state index contributed by atoms with van der Waals surface area (Å²) in [5.41, 5.74) is 1.11. The highest BCUT2D eigenvalue weighted by atomic mass is 16.4. The molecule has 0 heterocycles. The van der Waals surface area contributed by atoms with E-state index < -0.39 is 5.97 Å². The largest absolute Gasteiger partial charge is 0.481 e. The van der Waals surface area contributed by atoms with Gasteiger partial charge in [0.2, 0.25) is 0 Å². The van der Waals surface area contributed by atoms with Crippen molar-refractivity contribution >= 4 is 12.0 Å². The molecule has 1 atom stereocenters. The second kappa shape index (κ2) is 6.89. The fraction of sp³-hybridized carbons (Fsp3) is 0.400. The van der Waals surface area contributed by atoms with E-state index in [-0.39, 0.29) is 5.92 Å². The highest BCUT2D eigenvalue weighted by Gasteiger charge is 2.16. The molecule has 0 aliphatic rings. The first kappa shape index (κ1) is 13.5. The average Bonchev–Trinajstić information content (AvgIpc) is 2.28. The zero-order chi connectivity index (χ0) is 12.7. The second-order valence-corrected chi connectivity index (χ2v) is 4.71. The smallest absolute Gasteiger partial charge is 0.306 e. The van der Waals surface area contributed by atoms with Gasteiger partial charge in [0.1, 0.15) is 0 Å². The molecule has 2 heteroatoms. The van der Waals surface area contributed by atoms with E-state index in [4.69, 9.17) is 5.11 Å². The molecular formula is C15H20O2. The third-order valence-electron chi connectivity index (χ3n) is 2.64. The standard InChI is InChI=1S/C15H20O2/c1-12(2)11-14(15(16)17)10-6-9-13-7-4-3-5-8-13/h3-9,12,14H,10-11H2,1-2H3,(H,16,17)/b9-6+. The molecule has 92 valence electrons. The van der Waals surface area contributed by atoms with Crippen LogP contribution in [-0.2, 0) is 4.79 Å². The highest BCUT2D eigenvalue weighted by Crippen LogP contribution is 2.17. The van der Waals surface area contributed by atoms with Crippen molar-refractivity contribution in [2.45, 2.75) is 26.7 Å². The Labute approximate surface area is 103 Å². The summed E-state index contributed by atoms with van der Waals surface area (Å²) in [6.07, 6.45) is 5.27. The van der Waals surface area contributed by atoms with Gasteiger partial charge in [-0.2, -0.15) is 0 Å². The van der Waals surface area contributed by atoms with E-state index in [9.17, 15) is 4.79 Å². The zero-order valence-corrected chi connectivity index (χ0v) is 10.5. The molecule has 1 aromatic carbocycles. The number of hydrogen-bond acceptors (Lipinski definition) is 1. The van der Waals surface area contributed by atoms with Crippen molar-refractivity contribution in [3.63, 3.8) is 0 Å². The van der Waals surface area contributed by atoms with Gasteiger partial charge in [-0.05, 0) is 24.3 Å². The third-order valence-corrected chi connectivity index (χ3v) is 2.64. The molecule has 0 amide bonds. The summed E-state index contributed by atoms with van der Waals surface area (Å²) in [4.78, 5) is 11.0. The Morgan fingerprint density at radius 1 is 1.29 bits per heavy atom. The van der Waals surface area contributed by atoms with Crippen molar-refractivity contribution in [3.8, 4) is 0 Å². The zero-order valence-electron chi connectivity index (χ0n) is 10.5. The summed E-state index contributed by atoms with van der Waals surface area (Å²) in [5, 5.41) is 9.09. The van der Waals surface area contributed by atoms with Gasteiger partial charge in [0, 0.05) is 0 Å². The highest BCUT2D eigenvalue weighted by molar-refractivity contribution is 5.70. The van der Waals surface area contributed by atoms with Crippen LogP contribution in [0.15, 0.2) is 36.4 Å². The van der Waals surface area contributed by atoms with Crippen LogP contribution in [0.1, 0.15) is 32.3 Å². The Morgan fingerprint density at radius 2 is 1.94 bits per heavy atom. The number of aliphatic carboxylic acids is 1. The molecule has 0 spiro atoms. The van der Waals surface area contributed by atoms with Crippen LogP contribution in [0.4, 0.5) is 0 Å². The first-order chi connectivity index (χ1) is 8.09. The molecule has 0 fully saturated rings. The molecule has 17 heavy (non-hydrogen) atoms. The van der Waals surface area contributed by atoms with Crippen molar-refractivity contribution in [2.24, 2.45) is 11.8 Å². The molecule has 0 aliphatic heterocycles. The SMILES string of the molecule is CC(C)CC(C/C=C/c1ccccc1)C(=O)O. The van der Waals surface area contributed by atoms with E-state index in [2.05, 4.69) is 13.8 Å². The van der Waals surface area contributed by atoms with Gasteiger partial charge in [-0.1, -0.05) is 56.3 Å². The van der Waals surface area contributed by atoms with E-state index in [1.54, 1.807) is 0 Å². The van der Waals surface area contributed by atoms with Crippen molar-refractivity contribution in [2.75, 3.05) is 0 Å². The lowest BCUT2D eigenvalue weighted by Crippen LogP contribution is -2.15. The summed E-state index contributed by atoms with van der Waals surface area (Å²) >= 11 is 0. The van der Waals surface area contributed by atoms with Gasteiger partial charge in [-0.25, -0.2) is 0 Å². The Hall–Kier alpha value is -1.57. The summed E-state index contributed by atoms with van der Waals surface area (Å²) < 4.78 is 0. The van der Waals surface area contributed by atoms with Crippen molar-refractivity contribution in [1.29, 1.82) is 0 Å². The molecule has 0 aliphatic carbocycles. The molecule has 0 radical (unpaired) electrons. The van der Waals surface area contributed by atoms with Gasteiger partial charge in [-0.15, -0.1) is 0 Å². The first-order valence-electron chi connectivity index (χ1n) is 6.04. The molecule has 0 saturated carbocycles. The summed E-state index contributed by atoms with van der Waals surface area (Å²) in [6, 6.07) is 9.94. The van der Waals surface area contributed by atoms with Gasteiger partial charge in [-0.3, -0.25) is 4.79 Å². The van der Waals surface area contributed by atoms with Crippen molar-refractivity contribution in [3.05, 3.63) is 42.0 Å². The van der Waals surface area contributed by atoms with E-state index in [1.165, 1.54) is 0 Å². The lowest BCUT2D eigenvalue weighted by Gasteiger charge is -2.12. The fourth-order valence-electron chi connectivity index (χ4n) is 1.80. The molecule has 1 rings (SSSR count). The van der Waals surface area contributed by atoms with E-state index in [0.717, 1.165) is 12.0 Å². The van der Waals surface area contributed by atoms with Gasteiger partial charge < -0.3 is 5.11 Å². The summed E-state index contributed by atoms with van der Waals surface area (Å²) in [5.74, 6) is -0.549. The summed E-state index contributed by atoms with van der Waals surface area (Å²) in [7, 11) is 0. The van der Waals surface area contributed by atoms with Crippen LogP contribution in [0.5, 0.6) is 0 Å². The second-order valence-electron chi connectivity index (χ2n) is 4.71. The molecule has 1 aromatic rings.